The fourth-order valence-electron chi connectivity index (χ4n) is 1.18. The minimum atomic E-state index is -0.0625. The summed E-state index contributed by atoms with van der Waals surface area (Å²) in [6.07, 6.45) is 0. The van der Waals surface area contributed by atoms with Gasteiger partial charge in [0.05, 0.1) is 6.04 Å². The van der Waals surface area contributed by atoms with Gasteiger partial charge in [0, 0.05) is 0 Å². The molecular weight excluding hydrogens is 186 g/mol. The third kappa shape index (κ3) is 2.48. The molecule has 2 N–H and O–H groups in total. The first-order valence-electron chi connectivity index (χ1n) is 4.53. The van der Waals surface area contributed by atoms with E-state index in [1.54, 1.807) is 6.07 Å². The molecule has 1 rings (SSSR count). The van der Waals surface area contributed by atoms with E-state index in [9.17, 15) is 0 Å². The van der Waals surface area contributed by atoms with Crippen molar-refractivity contribution in [2.45, 2.75) is 26.8 Å². The highest BCUT2D eigenvalue weighted by molar-refractivity contribution is 6.28. The molecule has 2 atom stereocenters. The molecule has 0 radical (unpaired) electrons. The summed E-state index contributed by atoms with van der Waals surface area (Å²) in [6.45, 7) is 6.41. The van der Waals surface area contributed by atoms with Crippen molar-refractivity contribution in [1.29, 1.82) is 0 Å². The van der Waals surface area contributed by atoms with E-state index in [0.29, 0.717) is 17.1 Å². The molecule has 0 aliphatic heterocycles. The molecule has 0 fully saturated rings. The van der Waals surface area contributed by atoms with Crippen LogP contribution in [0.25, 0.3) is 0 Å². The Bertz CT molecular complexity index is 270. The molecule has 0 aromatic carbocycles. The zero-order valence-corrected chi connectivity index (χ0v) is 9.01. The van der Waals surface area contributed by atoms with Crippen LogP contribution in [0, 0.1) is 11.8 Å². The molecule has 1 heterocycles. The van der Waals surface area contributed by atoms with Crippen LogP contribution < -0.4 is 5.73 Å². The molecule has 74 valence electrons. The molecule has 0 spiro atoms. The fourth-order valence-corrected chi connectivity index (χ4v) is 1.33. The van der Waals surface area contributed by atoms with Gasteiger partial charge in [0.1, 0.15) is 5.76 Å². The number of hydrogen-bond acceptors (Lipinski definition) is 2. The number of furan rings is 1. The third-order valence-corrected chi connectivity index (χ3v) is 2.74. The summed E-state index contributed by atoms with van der Waals surface area (Å²) in [5, 5.41) is 0.404. The molecule has 2 nitrogen and oxygen atoms in total. The van der Waals surface area contributed by atoms with Gasteiger partial charge in [-0.25, -0.2) is 0 Å². The zero-order chi connectivity index (χ0) is 10.0. The molecule has 2 unspecified atom stereocenters. The van der Waals surface area contributed by atoms with Crippen molar-refractivity contribution in [2.24, 2.45) is 17.6 Å². The second kappa shape index (κ2) is 4.16. The van der Waals surface area contributed by atoms with Crippen LogP contribution in [0.2, 0.25) is 5.22 Å². The van der Waals surface area contributed by atoms with Gasteiger partial charge < -0.3 is 10.2 Å². The minimum Gasteiger partial charge on any atom is -0.448 e. The fraction of sp³-hybridized carbons (Fsp3) is 0.600. The van der Waals surface area contributed by atoms with Gasteiger partial charge in [-0.2, -0.15) is 0 Å². The average Bonchev–Trinajstić information content (AvgIpc) is 2.49. The summed E-state index contributed by atoms with van der Waals surface area (Å²) in [5.41, 5.74) is 6.00. The highest BCUT2D eigenvalue weighted by Crippen LogP contribution is 2.27. The smallest absolute Gasteiger partial charge is 0.193 e. The summed E-state index contributed by atoms with van der Waals surface area (Å²) >= 11 is 5.67. The van der Waals surface area contributed by atoms with E-state index in [1.807, 2.05) is 6.07 Å². The number of hydrogen-bond donors (Lipinski definition) is 1. The Kier molecular flexibility index (Phi) is 3.40. The van der Waals surface area contributed by atoms with Gasteiger partial charge in [0.25, 0.3) is 0 Å². The molecule has 0 aliphatic carbocycles. The average molecular weight is 202 g/mol. The lowest BCUT2D eigenvalue weighted by molar-refractivity contribution is 0.312. The van der Waals surface area contributed by atoms with Gasteiger partial charge in [-0.3, -0.25) is 0 Å². The normalized spacial score (nSPS) is 16.2. The monoisotopic (exact) mass is 201 g/mol. The molecule has 0 saturated carbocycles. The van der Waals surface area contributed by atoms with E-state index in [0.717, 1.165) is 5.76 Å². The Hall–Kier alpha value is -0.470. The quantitative estimate of drug-likeness (QED) is 0.816. The van der Waals surface area contributed by atoms with Gasteiger partial charge in [-0.05, 0) is 35.6 Å². The number of rotatable bonds is 3. The predicted octanol–water partition coefficient (Wildman–Crippen LogP) is 3.22. The van der Waals surface area contributed by atoms with Gasteiger partial charge in [0.15, 0.2) is 5.22 Å². The van der Waals surface area contributed by atoms with Crippen LogP contribution in [0.3, 0.4) is 0 Å². The van der Waals surface area contributed by atoms with E-state index in [1.165, 1.54) is 0 Å². The van der Waals surface area contributed by atoms with Crippen LogP contribution in [-0.4, -0.2) is 0 Å². The highest BCUT2D eigenvalue weighted by Gasteiger charge is 2.20. The topological polar surface area (TPSA) is 39.2 Å². The molecule has 1 aromatic heterocycles. The lowest BCUT2D eigenvalue weighted by atomic mass is 9.90. The van der Waals surface area contributed by atoms with E-state index in [4.69, 9.17) is 21.8 Å². The van der Waals surface area contributed by atoms with E-state index in [-0.39, 0.29) is 6.04 Å². The van der Waals surface area contributed by atoms with Crippen molar-refractivity contribution in [3.63, 3.8) is 0 Å². The van der Waals surface area contributed by atoms with Crippen LogP contribution in [0.5, 0.6) is 0 Å². The Morgan fingerprint density at radius 2 is 1.92 bits per heavy atom. The summed E-state index contributed by atoms with van der Waals surface area (Å²) in [4.78, 5) is 0. The van der Waals surface area contributed by atoms with Crippen LogP contribution in [0.4, 0.5) is 0 Å². The van der Waals surface area contributed by atoms with Crippen molar-refractivity contribution < 1.29 is 4.42 Å². The zero-order valence-electron chi connectivity index (χ0n) is 8.25. The largest absolute Gasteiger partial charge is 0.448 e. The summed E-state index contributed by atoms with van der Waals surface area (Å²) in [5.74, 6) is 1.70. The molecule has 13 heavy (non-hydrogen) atoms. The first-order valence-corrected chi connectivity index (χ1v) is 4.91. The van der Waals surface area contributed by atoms with Crippen molar-refractivity contribution in [3.8, 4) is 0 Å². The SMILES string of the molecule is CC(C)C(C)C(N)c1ccc(Cl)o1. The molecule has 0 aliphatic rings. The number of halogens is 1. The summed E-state index contributed by atoms with van der Waals surface area (Å²) in [6, 6.07) is 3.50. The molecule has 0 amide bonds. The summed E-state index contributed by atoms with van der Waals surface area (Å²) < 4.78 is 5.26. The Morgan fingerprint density at radius 1 is 1.31 bits per heavy atom. The highest BCUT2D eigenvalue weighted by atomic mass is 35.5. The molecule has 0 bridgehead atoms. The van der Waals surface area contributed by atoms with E-state index in [2.05, 4.69) is 20.8 Å². The lowest BCUT2D eigenvalue weighted by Crippen LogP contribution is -2.22. The first-order chi connectivity index (χ1) is 6.02. The maximum atomic E-state index is 6.00. The number of nitrogens with two attached hydrogens (primary N) is 1. The minimum absolute atomic E-state index is 0.0625. The Labute approximate surface area is 84.1 Å². The van der Waals surface area contributed by atoms with Crippen molar-refractivity contribution in [3.05, 3.63) is 23.1 Å². The van der Waals surface area contributed by atoms with Crippen molar-refractivity contribution >= 4 is 11.6 Å². The third-order valence-electron chi connectivity index (χ3n) is 2.54. The molecule has 1 aromatic rings. The molecule has 3 heteroatoms. The predicted molar refractivity (Wildman–Crippen MR) is 54.6 cm³/mol. The van der Waals surface area contributed by atoms with Crippen molar-refractivity contribution in [1.82, 2.24) is 0 Å². The summed E-state index contributed by atoms with van der Waals surface area (Å²) in [7, 11) is 0. The molecular formula is C10H16ClNO. The van der Waals surface area contributed by atoms with Crippen LogP contribution in [0.15, 0.2) is 16.5 Å². The van der Waals surface area contributed by atoms with Crippen LogP contribution in [-0.2, 0) is 0 Å². The van der Waals surface area contributed by atoms with Crippen molar-refractivity contribution in [2.75, 3.05) is 0 Å². The first kappa shape index (κ1) is 10.6. The second-order valence-corrected chi connectivity index (χ2v) is 4.14. The van der Waals surface area contributed by atoms with Crippen LogP contribution >= 0.6 is 11.6 Å². The standard InChI is InChI=1S/C10H16ClNO/c1-6(2)7(3)10(12)8-4-5-9(11)13-8/h4-7,10H,12H2,1-3H3. The maximum absolute atomic E-state index is 6.00. The maximum Gasteiger partial charge on any atom is 0.193 e. The molecule has 0 saturated heterocycles. The van der Waals surface area contributed by atoms with Gasteiger partial charge in [0.2, 0.25) is 0 Å². The Morgan fingerprint density at radius 3 is 2.31 bits per heavy atom. The lowest BCUT2D eigenvalue weighted by Gasteiger charge is -2.21. The van der Waals surface area contributed by atoms with Gasteiger partial charge >= 0.3 is 0 Å². The van der Waals surface area contributed by atoms with Gasteiger partial charge in [-0.1, -0.05) is 20.8 Å². The Balaban J connectivity index is 2.73. The van der Waals surface area contributed by atoms with Crippen LogP contribution in [0.1, 0.15) is 32.6 Å². The second-order valence-electron chi connectivity index (χ2n) is 3.77. The van der Waals surface area contributed by atoms with E-state index < -0.39 is 0 Å². The van der Waals surface area contributed by atoms with Gasteiger partial charge in [-0.15, -0.1) is 0 Å². The van der Waals surface area contributed by atoms with E-state index >= 15 is 0 Å².